The van der Waals surface area contributed by atoms with Gasteiger partial charge in [0.1, 0.15) is 0 Å². The molecule has 6 heteroatoms. The van der Waals surface area contributed by atoms with Crippen molar-refractivity contribution in [2.45, 2.75) is 37.8 Å². The lowest BCUT2D eigenvalue weighted by atomic mass is 9.81. The van der Waals surface area contributed by atoms with Crippen LogP contribution in [0.25, 0.3) is 0 Å². The maximum atomic E-state index is 10.6. The van der Waals surface area contributed by atoms with Crippen LogP contribution in [-0.2, 0) is 0 Å². The minimum Gasteiger partial charge on any atom is -0.264 e. The lowest BCUT2D eigenvalue weighted by Gasteiger charge is -2.25. The van der Waals surface area contributed by atoms with E-state index in [-0.39, 0.29) is 12.3 Å². The first-order valence-electron chi connectivity index (χ1n) is 4.62. The number of hydrogen-bond donors (Lipinski definition) is 0. The van der Waals surface area contributed by atoms with Crippen LogP contribution in [0.15, 0.2) is 0 Å². The second kappa shape index (κ2) is 4.34. The van der Waals surface area contributed by atoms with Crippen LogP contribution in [0.3, 0.4) is 0 Å². The van der Waals surface area contributed by atoms with E-state index in [4.69, 9.17) is 0 Å². The van der Waals surface area contributed by atoms with Gasteiger partial charge in [-0.1, -0.05) is 6.92 Å². The van der Waals surface area contributed by atoms with Crippen LogP contribution in [0.4, 0.5) is 0 Å². The highest BCUT2D eigenvalue weighted by atomic mass is 16.6. The predicted molar refractivity (Wildman–Crippen MR) is 48.9 cm³/mol. The van der Waals surface area contributed by atoms with Crippen LogP contribution in [0.2, 0.25) is 0 Å². The van der Waals surface area contributed by atoms with Crippen molar-refractivity contribution < 1.29 is 9.85 Å². The molecule has 6 nitrogen and oxygen atoms in total. The van der Waals surface area contributed by atoms with Gasteiger partial charge >= 0.3 is 0 Å². The van der Waals surface area contributed by atoms with E-state index in [9.17, 15) is 20.2 Å². The molecule has 0 spiro atoms. The summed E-state index contributed by atoms with van der Waals surface area (Å²) in [6.45, 7) is 3.64. The summed E-state index contributed by atoms with van der Waals surface area (Å²) < 4.78 is 0. The fourth-order valence-electron chi connectivity index (χ4n) is 1.97. The van der Waals surface area contributed by atoms with Crippen LogP contribution in [0.1, 0.15) is 25.7 Å². The lowest BCUT2D eigenvalue weighted by molar-refractivity contribution is -0.574. The molecule has 0 amide bonds. The molecule has 0 aromatic rings. The summed E-state index contributed by atoms with van der Waals surface area (Å²) in [7, 11) is 0. The Labute approximate surface area is 81.6 Å². The molecule has 0 aliphatic heterocycles. The minimum absolute atomic E-state index is 0.0557. The van der Waals surface area contributed by atoms with E-state index in [0.29, 0.717) is 19.3 Å². The third-order valence-electron chi connectivity index (χ3n) is 2.87. The molecule has 0 aromatic heterocycles. The monoisotopic (exact) mass is 201 g/mol. The van der Waals surface area contributed by atoms with Gasteiger partial charge in [0, 0.05) is 22.2 Å². The Kier molecular flexibility index (Phi) is 3.38. The number of nitrogens with zero attached hydrogens (tertiary/aromatic N) is 2. The Morgan fingerprint density at radius 1 is 1.21 bits per heavy atom. The summed E-state index contributed by atoms with van der Waals surface area (Å²) in [5.41, 5.74) is 0. The van der Waals surface area contributed by atoms with Gasteiger partial charge in [-0.25, -0.2) is 0 Å². The van der Waals surface area contributed by atoms with E-state index in [1.165, 1.54) is 0 Å². The topological polar surface area (TPSA) is 86.3 Å². The Hall–Kier alpha value is -1.20. The molecule has 0 saturated heterocycles. The van der Waals surface area contributed by atoms with Gasteiger partial charge in [0.15, 0.2) is 0 Å². The van der Waals surface area contributed by atoms with Crippen molar-refractivity contribution in [3.63, 3.8) is 0 Å². The highest BCUT2D eigenvalue weighted by Crippen LogP contribution is 2.30. The van der Waals surface area contributed by atoms with E-state index in [1.54, 1.807) is 0 Å². The molecular weight excluding hydrogens is 188 g/mol. The van der Waals surface area contributed by atoms with Gasteiger partial charge in [0.25, 0.3) is 0 Å². The first-order valence-corrected chi connectivity index (χ1v) is 4.62. The second-order valence-corrected chi connectivity index (χ2v) is 3.65. The fraction of sp³-hybridized carbons (Fsp3) is 0.875. The van der Waals surface area contributed by atoms with Gasteiger partial charge in [-0.2, -0.15) is 0 Å². The van der Waals surface area contributed by atoms with Crippen LogP contribution >= 0.6 is 0 Å². The summed E-state index contributed by atoms with van der Waals surface area (Å²) in [6, 6.07) is -1.52. The van der Waals surface area contributed by atoms with E-state index >= 15 is 0 Å². The van der Waals surface area contributed by atoms with Crippen molar-refractivity contribution in [2.24, 2.45) is 5.92 Å². The molecule has 79 valence electrons. The van der Waals surface area contributed by atoms with Gasteiger partial charge in [-0.05, 0) is 12.8 Å². The van der Waals surface area contributed by atoms with E-state index in [2.05, 4.69) is 6.92 Å². The summed E-state index contributed by atoms with van der Waals surface area (Å²) in [4.78, 5) is 20.3. The quantitative estimate of drug-likeness (QED) is 0.508. The first kappa shape index (κ1) is 10.9. The zero-order chi connectivity index (χ0) is 10.7. The van der Waals surface area contributed by atoms with Gasteiger partial charge < -0.3 is 0 Å². The molecule has 0 N–H and O–H groups in total. The summed E-state index contributed by atoms with van der Waals surface area (Å²) in [5, 5.41) is 21.1. The molecule has 1 saturated carbocycles. The molecule has 1 fully saturated rings. The van der Waals surface area contributed by atoms with Gasteiger partial charge in [0.2, 0.25) is 12.1 Å². The zero-order valence-electron chi connectivity index (χ0n) is 7.80. The third-order valence-corrected chi connectivity index (χ3v) is 2.87. The average molecular weight is 201 g/mol. The molecule has 0 aromatic carbocycles. The van der Waals surface area contributed by atoms with Crippen molar-refractivity contribution in [1.82, 2.24) is 0 Å². The Morgan fingerprint density at radius 3 is 2.29 bits per heavy atom. The average Bonchev–Trinajstić information content (AvgIpc) is 2.16. The molecule has 1 radical (unpaired) electrons. The van der Waals surface area contributed by atoms with E-state index in [1.807, 2.05) is 0 Å². The molecule has 3 atom stereocenters. The summed E-state index contributed by atoms with van der Waals surface area (Å²) in [5.74, 6) is -0.0961. The van der Waals surface area contributed by atoms with Crippen molar-refractivity contribution in [3.8, 4) is 0 Å². The summed E-state index contributed by atoms with van der Waals surface area (Å²) >= 11 is 0. The Morgan fingerprint density at radius 2 is 1.86 bits per heavy atom. The number of hydrogen-bond acceptors (Lipinski definition) is 4. The molecule has 14 heavy (non-hydrogen) atoms. The lowest BCUT2D eigenvalue weighted by Crippen LogP contribution is -2.40. The molecule has 0 heterocycles. The maximum Gasteiger partial charge on any atom is 0.222 e. The molecule has 1 aliphatic rings. The Bertz CT molecular complexity index is 243. The van der Waals surface area contributed by atoms with Crippen LogP contribution in [-0.4, -0.2) is 21.9 Å². The van der Waals surface area contributed by atoms with Crippen molar-refractivity contribution in [3.05, 3.63) is 27.2 Å². The molecule has 3 unspecified atom stereocenters. The van der Waals surface area contributed by atoms with Gasteiger partial charge in [-0.3, -0.25) is 20.2 Å². The van der Waals surface area contributed by atoms with Crippen molar-refractivity contribution in [2.75, 3.05) is 0 Å². The number of nitro groups is 2. The van der Waals surface area contributed by atoms with Crippen LogP contribution < -0.4 is 0 Å². The fourth-order valence-corrected chi connectivity index (χ4v) is 1.97. The first-order chi connectivity index (χ1) is 6.56. The highest BCUT2D eigenvalue weighted by Gasteiger charge is 2.42. The molecule has 1 aliphatic carbocycles. The van der Waals surface area contributed by atoms with Crippen molar-refractivity contribution >= 4 is 0 Å². The third kappa shape index (κ3) is 2.18. The van der Waals surface area contributed by atoms with Gasteiger partial charge in [0.05, 0.1) is 6.42 Å². The molecular formula is C8H13N2O4. The van der Waals surface area contributed by atoms with E-state index < -0.39 is 21.9 Å². The molecule has 0 bridgehead atoms. The minimum atomic E-state index is -0.781. The SMILES string of the molecule is [CH2]CC1CCC([N+](=O)[O-])CC1[N+](=O)[O-]. The normalized spacial score (nSPS) is 32.5. The van der Waals surface area contributed by atoms with Crippen LogP contribution in [0, 0.1) is 33.1 Å². The second-order valence-electron chi connectivity index (χ2n) is 3.65. The Balaban J connectivity index is 2.66. The number of rotatable bonds is 3. The van der Waals surface area contributed by atoms with Gasteiger partial charge in [-0.15, -0.1) is 0 Å². The van der Waals surface area contributed by atoms with E-state index in [0.717, 1.165) is 0 Å². The van der Waals surface area contributed by atoms with Crippen molar-refractivity contribution in [1.29, 1.82) is 0 Å². The zero-order valence-corrected chi connectivity index (χ0v) is 7.80. The predicted octanol–water partition coefficient (Wildman–Crippen LogP) is 1.30. The van der Waals surface area contributed by atoms with Crippen LogP contribution in [0.5, 0.6) is 0 Å². The maximum absolute atomic E-state index is 10.6. The summed E-state index contributed by atoms with van der Waals surface area (Å²) in [6.07, 6.45) is 1.52. The standard InChI is InChI=1S/C8H13N2O4/c1-2-6-3-4-7(9(11)12)5-8(6)10(13)14/h6-8H,1-5H2. The molecule has 1 rings (SSSR count). The largest absolute Gasteiger partial charge is 0.264 e. The highest BCUT2D eigenvalue weighted by molar-refractivity contribution is 4.80. The smallest absolute Gasteiger partial charge is 0.222 e.